The number of piperidine rings is 2. The standard InChI is InChI=1S/C16H24N4O2/c1-13(21)18-7-2-4-14(10-18)16(22)19-8-3-5-15(11-19)20-9-6-17-12-20/h6,9,12,14-15H,2-5,7-8,10-11H2,1H3/t14-,15-/m1/s1. The first-order valence-electron chi connectivity index (χ1n) is 8.17. The number of hydrogen-bond donors (Lipinski definition) is 0. The highest BCUT2D eigenvalue weighted by Crippen LogP contribution is 2.25. The maximum atomic E-state index is 12.8. The lowest BCUT2D eigenvalue weighted by molar-refractivity contribution is -0.141. The first-order chi connectivity index (χ1) is 10.6. The average Bonchev–Trinajstić information content (AvgIpc) is 3.09. The van der Waals surface area contributed by atoms with Crippen molar-refractivity contribution in [3.63, 3.8) is 0 Å². The van der Waals surface area contributed by atoms with Crippen LogP contribution >= 0.6 is 0 Å². The van der Waals surface area contributed by atoms with Crippen LogP contribution in [0.3, 0.4) is 0 Å². The third-order valence-corrected chi connectivity index (χ3v) is 4.87. The van der Waals surface area contributed by atoms with Gasteiger partial charge in [0.25, 0.3) is 0 Å². The lowest BCUT2D eigenvalue weighted by Gasteiger charge is -2.38. The fourth-order valence-electron chi connectivity index (χ4n) is 3.61. The van der Waals surface area contributed by atoms with Gasteiger partial charge in [0.15, 0.2) is 0 Å². The van der Waals surface area contributed by atoms with Gasteiger partial charge in [0, 0.05) is 45.5 Å². The van der Waals surface area contributed by atoms with Crippen LogP contribution < -0.4 is 0 Å². The zero-order chi connectivity index (χ0) is 15.5. The largest absolute Gasteiger partial charge is 0.342 e. The van der Waals surface area contributed by atoms with Crippen LogP contribution in [0.2, 0.25) is 0 Å². The van der Waals surface area contributed by atoms with E-state index >= 15 is 0 Å². The Balaban J connectivity index is 1.63. The monoisotopic (exact) mass is 304 g/mol. The van der Waals surface area contributed by atoms with Gasteiger partial charge < -0.3 is 14.4 Å². The van der Waals surface area contributed by atoms with Crippen molar-refractivity contribution in [3.05, 3.63) is 18.7 Å². The Bertz CT molecular complexity index is 528. The molecule has 1 aromatic heterocycles. The zero-order valence-corrected chi connectivity index (χ0v) is 13.1. The second-order valence-electron chi connectivity index (χ2n) is 6.39. The molecule has 0 unspecified atom stereocenters. The Morgan fingerprint density at radius 1 is 1.09 bits per heavy atom. The Morgan fingerprint density at radius 3 is 2.59 bits per heavy atom. The molecule has 0 N–H and O–H groups in total. The lowest BCUT2D eigenvalue weighted by Crippen LogP contribution is -2.48. The third kappa shape index (κ3) is 3.15. The van der Waals surface area contributed by atoms with E-state index in [1.807, 2.05) is 22.3 Å². The number of likely N-dealkylation sites (tertiary alicyclic amines) is 2. The highest BCUT2D eigenvalue weighted by Gasteiger charge is 2.32. The molecule has 120 valence electrons. The summed E-state index contributed by atoms with van der Waals surface area (Å²) in [6.07, 6.45) is 9.52. The van der Waals surface area contributed by atoms with Crippen molar-refractivity contribution in [1.29, 1.82) is 0 Å². The Hall–Kier alpha value is -1.85. The fourth-order valence-corrected chi connectivity index (χ4v) is 3.61. The molecule has 2 saturated heterocycles. The molecule has 2 aliphatic heterocycles. The van der Waals surface area contributed by atoms with Gasteiger partial charge in [0.05, 0.1) is 18.3 Å². The maximum Gasteiger partial charge on any atom is 0.227 e. The van der Waals surface area contributed by atoms with Crippen molar-refractivity contribution in [2.24, 2.45) is 5.92 Å². The molecule has 6 nitrogen and oxygen atoms in total. The minimum atomic E-state index is -0.0285. The van der Waals surface area contributed by atoms with E-state index in [0.29, 0.717) is 12.6 Å². The molecule has 0 aliphatic carbocycles. The second kappa shape index (κ2) is 6.50. The van der Waals surface area contributed by atoms with Crippen LogP contribution in [0.5, 0.6) is 0 Å². The number of carbonyl (C=O) groups is 2. The molecule has 1 aromatic rings. The molecule has 0 radical (unpaired) electrons. The summed E-state index contributed by atoms with van der Waals surface area (Å²) in [5.74, 6) is 0.266. The number of rotatable bonds is 2. The molecule has 6 heteroatoms. The normalized spacial score (nSPS) is 26.0. The average molecular weight is 304 g/mol. The van der Waals surface area contributed by atoms with E-state index in [1.165, 1.54) is 0 Å². The maximum absolute atomic E-state index is 12.8. The van der Waals surface area contributed by atoms with Crippen LogP contribution in [0.1, 0.15) is 38.6 Å². The molecule has 0 aromatic carbocycles. The smallest absolute Gasteiger partial charge is 0.227 e. The van der Waals surface area contributed by atoms with Crippen LogP contribution in [0.15, 0.2) is 18.7 Å². The number of nitrogens with zero attached hydrogens (tertiary/aromatic N) is 4. The molecule has 22 heavy (non-hydrogen) atoms. The number of aromatic nitrogens is 2. The minimum Gasteiger partial charge on any atom is -0.342 e. The summed E-state index contributed by atoms with van der Waals surface area (Å²) >= 11 is 0. The van der Waals surface area contributed by atoms with Gasteiger partial charge in [-0.3, -0.25) is 9.59 Å². The second-order valence-corrected chi connectivity index (χ2v) is 6.39. The first-order valence-corrected chi connectivity index (χ1v) is 8.17. The number of carbonyl (C=O) groups excluding carboxylic acids is 2. The van der Waals surface area contributed by atoms with Crippen LogP contribution in [0.25, 0.3) is 0 Å². The SMILES string of the molecule is CC(=O)N1CCC[C@@H](C(=O)N2CCC[C@@H](n3ccnc3)C2)C1. The summed E-state index contributed by atoms with van der Waals surface area (Å²) in [5, 5.41) is 0. The van der Waals surface area contributed by atoms with E-state index < -0.39 is 0 Å². The van der Waals surface area contributed by atoms with Crippen LogP contribution in [-0.2, 0) is 9.59 Å². The summed E-state index contributed by atoms with van der Waals surface area (Å²) < 4.78 is 2.10. The quantitative estimate of drug-likeness (QED) is 0.827. The minimum absolute atomic E-state index is 0.0285. The summed E-state index contributed by atoms with van der Waals surface area (Å²) in [6, 6.07) is 0.327. The van der Waals surface area contributed by atoms with E-state index in [1.54, 1.807) is 13.1 Å². The van der Waals surface area contributed by atoms with Crippen molar-refractivity contribution < 1.29 is 9.59 Å². The van der Waals surface area contributed by atoms with Crippen molar-refractivity contribution in [3.8, 4) is 0 Å². The Labute approximate surface area is 131 Å². The summed E-state index contributed by atoms with van der Waals surface area (Å²) in [4.78, 5) is 32.2. The van der Waals surface area contributed by atoms with Gasteiger partial charge in [-0.15, -0.1) is 0 Å². The van der Waals surface area contributed by atoms with Crippen LogP contribution in [0.4, 0.5) is 0 Å². The van der Waals surface area contributed by atoms with E-state index in [-0.39, 0.29) is 17.7 Å². The molecular formula is C16H24N4O2. The first kappa shape index (κ1) is 15.1. The Kier molecular flexibility index (Phi) is 4.45. The number of imidazole rings is 1. The van der Waals surface area contributed by atoms with E-state index in [2.05, 4.69) is 9.55 Å². The summed E-state index contributed by atoms with van der Waals surface area (Å²) in [6.45, 7) is 4.55. The van der Waals surface area contributed by atoms with Gasteiger partial charge in [-0.2, -0.15) is 0 Å². The molecule has 2 fully saturated rings. The van der Waals surface area contributed by atoms with Gasteiger partial charge >= 0.3 is 0 Å². The molecule has 0 spiro atoms. The van der Waals surface area contributed by atoms with Gasteiger partial charge in [0.2, 0.25) is 11.8 Å². The van der Waals surface area contributed by atoms with Gasteiger partial charge in [-0.05, 0) is 25.7 Å². The van der Waals surface area contributed by atoms with E-state index in [9.17, 15) is 9.59 Å². The summed E-state index contributed by atoms with van der Waals surface area (Å²) in [5.41, 5.74) is 0. The van der Waals surface area contributed by atoms with Crippen molar-refractivity contribution >= 4 is 11.8 Å². The summed E-state index contributed by atoms with van der Waals surface area (Å²) in [7, 11) is 0. The van der Waals surface area contributed by atoms with Gasteiger partial charge in [-0.1, -0.05) is 0 Å². The molecule has 2 amide bonds. The van der Waals surface area contributed by atoms with Crippen LogP contribution in [-0.4, -0.2) is 57.3 Å². The highest BCUT2D eigenvalue weighted by molar-refractivity contribution is 5.81. The Morgan fingerprint density at radius 2 is 1.86 bits per heavy atom. The lowest BCUT2D eigenvalue weighted by atomic mass is 9.95. The van der Waals surface area contributed by atoms with Crippen molar-refractivity contribution in [2.75, 3.05) is 26.2 Å². The van der Waals surface area contributed by atoms with Gasteiger partial charge in [0.1, 0.15) is 0 Å². The van der Waals surface area contributed by atoms with E-state index in [4.69, 9.17) is 0 Å². The van der Waals surface area contributed by atoms with Gasteiger partial charge in [-0.25, -0.2) is 4.98 Å². The molecule has 3 rings (SSSR count). The molecular weight excluding hydrogens is 280 g/mol. The molecule has 0 bridgehead atoms. The van der Waals surface area contributed by atoms with Crippen molar-refractivity contribution in [2.45, 2.75) is 38.6 Å². The zero-order valence-electron chi connectivity index (χ0n) is 13.1. The predicted octanol–water partition coefficient (Wildman–Crippen LogP) is 1.31. The molecule has 0 saturated carbocycles. The topological polar surface area (TPSA) is 58.4 Å². The number of hydrogen-bond acceptors (Lipinski definition) is 3. The van der Waals surface area contributed by atoms with Crippen LogP contribution in [0, 0.1) is 5.92 Å². The fraction of sp³-hybridized carbons (Fsp3) is 0.688. The highest BCUT2D eigenvalue weighted by atomic mass is 16.2. The number of amides is 2. The van der Waals surface area contributed by atoms with Crippen molar-refractivity contribution in [1.82, 2.24) is 19.4 Å². The predicted molar refractivity (Wildman–Crippen MR) is 82.1 cm³/mol. The van der Waals surface area contributed by atoms with E-state index in [0.717, 1.165) is 45.3 Å². The third-order valence-electron chi connectivity index (χ3n) is 4.87. The molecule has 2 aliphatic rings. The molecule has 2 atom stereocenters. The molecule has 3 heterocycles.